The van der Waals surface area contributed by atoms with Crippen LogP contribution in [0.1, 0.15) is 31.0 Å². The number of nitriles is 1. The second-order valence-corrected chi connectivity index (χ2v) is 11.7. The largest absolute Gasteiger partial charge is 0.420 e. The molecule has 2 aromatic heterocycles. The second-order valence-electron chi connectivity index (χ2n) is 9.72. The van der Waals surface area contributed by atoms with Crippen LogP contribution in [0.15, 0.2) is 36.9 Å². The zero-order valence-corrected chi connectivity index (χ0v) is 22.6. The maximum atomic E-state index is 13.9. The van der Waals surface area contributed by atoms with Crippen molar-refractivity contribution in [3.8, 4) is 23.1 Å². The number of nitrogens with zero attached hydrogens (tertiary/aromatic N) is 7. The van der Waals surface area contributed by atoms with Crippen molar-refractivity contribution in [3.05, 3.63) is 53.6 Å². The molecule has 0 amide bonds. The first-order valence-corrected chi connectivity index (χ1v) is 14.1. The molecule has 3 aromatic rings. The molecular weight excluding hydrogens is 533 g/mol. The molecule has 3 heterocycles. The van der Waals surface area contributed by atoms with E-state index in [1.807, 2.05) is 25.1 Å². The van der Waals surface area contributed by atoms with Crippen LogP contribution in [-0.2, 0) is 22.6 Å². The summed E-state index contributed by atoms with van der Waals surface area (Å²) in [4.78, 5) is 14.2. The molecule has 0 aliphatic carbocycles. The quantitative estimate of drug-likeness (QED) is 0.442. The lowest BCUT2D eigenvalue weighted by Crippen LogP contribution is -2.42. The molecule has 210 valence electrons. The Morgan fingerprint density at radius 1 is 1.23 bits per heavy atom. The molecule has 0 unspecified atom stereocenters. The number of rotatable bonds is 8. The molecule has 1 aliphatic heterocycles. The van der Waals surface area contributed by atoms with Crippen LogP contribution in [-0.4, -0.2) is 83.2 Å². The fraction of sp³-hybridized carbons (Fsp3) is 0.440. The molecule has 0 atom stereocenters. The maximum absolute atomic E-state index is 13.9. The van der Waals surface area contributed by atoms with Crippen LogP contribution in [0.4, 0.5) is 19.1 Å². The number of sulfonamides is 1. The maximum Gasteiger partial charge on any atom is 0.420 e. The average molecular weight is 565 g/mol. The van der Waals surface area contributed by atoms with Crippen LogP contribution in [0.2, 0.25) is 0 Å². The molecule has 4 rings (SSSR count). The van der Waals surface area contributed by atoms with Crippen molar-refractivity contribution in [2.24, 2.45) is 0 Å². The van der Waals surface area contributed by atoms with Crippen LogP contribution in [0.5, 0.6) is 0 Å². The predicted molar refractivity (Wildman–Crippen MR) is 142 cm³/mol. The fourth-order valence-corrected chi connectivity index (χ4v) is 5.23. The topological polar surface area (TPSA) is 120 Å². The second kappa shape index (κ2) is 11.3. The van der Waals surface area contributed by atoms with Crippen molar-refractivity contribution in [3.63, 3.8) is 0 Å². The van der Waals surface area contributed by atoms with Gasteiger partial charge in [-0.15, -0.1) is 0 Å². The van der Waals surface area contributed by atoms with Gasteiger partial charge in [-0.3, -0.25) is 0 Å². The van der Waals surface area contributed by atoms with Gasteiger partial charge in [-0.1, -0.05) is 6.07 Å². The Bertz CT molecular complexity index is 1480. The molecule has 14 heteroatoms. The van der Waals surface area contributed by atoms with Gasteiger partial charge in [0, 0.05) is 39.5 Å². The van der Waals surface area contributed by atoms with Crippen molar-refractivity contribution in [1.29, 1.82) is 5.26 Å². The van der Waals surface area contributed by atoms with Gasteiger partial charge < -0.3 is 14.8 Å². The fourth-order valence-electron chi connectivity index (χ4n) is 4.35. The first kappa shape index (κ1) is 28.5. The minimum atomic E-state index is -4.72. The number of imidazole rings is 1. The van der Waals surface area contributed by atoms with E-state index < -0.39 is 27.5 Å². The van der Waals surface area contributed by atoms with Crippen LogP contribution < -0.4 is 5.32 Å². The number of hydrogen-bond acceptors (Lipinski definition) is 8. The Morgan fingerprint density at radius 2 is 1.95 bits per heavy atom. The third-order valence-electron chi connectivity index (χ3n) is 6.48. The van der Waals surface area contributed by atoms with Gasteiger partial charge in [-0.05, 0) is 51.1 Å². The molecule has 0 bridgehead atoms. The number of benzene rings is 1. The number of alkyl halides is 3. The first-order chi connectivity index (χ1) is 18.3. The van der Waals surface area contributed by atoms with Crippen LogP contribution in [0.25, 0.3) is 17.1 Å². The van der Waals surface area contributed by atoms with Gasteiger partial charge in [0.25, 0.3) is 0 Å². The lowest BCUT2D eigenvalue weighted by atomic mass is 10.1. The highest BCUT2D eigenvalue weighted by molar-refractivity contribution is 7.88. The van der Waals surface area contributed by atoms with Crippen LogP contribution in [0, 0.1) is 11.3 Å². The summed E-state index contributed by atoms with van der Waals surface area (Å²) in [5.74, 6) is -0.00619. The standard InChI is InChI=1S/C25H29F3N8O2S.H2/c1-34(2)9-6-17-4-5-22(18(12-17)13-29)35-15-21(31-16-35)23-20(25(26,27)28)14-30-24(33-23)32-19-7-10-36(11-8-19)39(3,37)38;/h4-5,12,14-16,19H,6-11H2,1-3H3,(H,30,32,33);1H. The summed E-state index contributed by atoms with van der Waals surface area (Å²) < 4.78 is 67.9. The number of hydrogen-bond donors (Lipinski definition) is 1. The van der Waals surface area contributed by atoms with Crippen LogP contribution in [0.3, 0.4) is 0 Å². The first-order valence-electron chi connectivity index (χ1n) is 12.2. The molecule has 39 heavy (non-hydrogen) atoms. The zero-order valence-electron chi connectivity index (χ0n) is 21.8. The molecule has 1 fully saturated rings. The summed E-state index contributed by atoms with van der Waals surface area (Å²) in [6, 6.07) is 7.34. The molecule has 10 nitrogen and oxygen atoms in total. The summed E-state index contributed by atoms with van der Waals surface area (Å²) in [6.45, 7) is 1.40. The van der Waals surface area contributed by atoms with Gasteiger partial charge >= 0.3 is 6.18 Å². The van der Waals surface area contributed by atoms with E-state index in [9.17, 15) is 26.9 Å². The Labute approximate surface area is 226 Å². The smallest absolute Gasteiger partial charge is 0.351 e. The minimum absolute atomic E-state index is 0. The number of halogens is 3. The van der Waals surface area contributed by atoms with Gasteiger partial charge in [0.15, 0.2) is 0 Å². The van der Waals surface area contributed by atoms with Gasteiger partial charge in [0.05, 0.1) is 17.5 Å². The van der Waals surface area contributed by atoms with E-state index in [0.717, 1.165) is 31.0 Å². The molecule has 0 saturated carbocycles. The number of likely N-dealkylation sites (N-methyl/N-ethyl adjacent to an activating group) is 1. The Hall–Kier alpha value is -3.54. The van der Waals surface area contributed by atoms with E-state index in [4.69, 9.17) is 0 Å². The predicted octanol–water partition coefficient (Wildman–Crippen LogP) is 3.41. The van der Waals surface area contributed by atoms with E-state index in [1.165, 1.54) is 21.4 Å². The highest BCUT2D eigenvalue weighted by Gasteiger charge is 2.36. The number of piperidine rings is 1. The Kier molecular flexibility index (Phi) is 8.24. The summed E-state index contributed by atoms with van der Waals surface area (Å²) in [5.41, 5.74) is 0.371. The molecule has 1 N–H and O–H groups in total. The van der Waals surface area contributed by atoms with Crippen LogP contribution >= 0.6 is 0 Å². The van der Waals surface area contributed by atoms with Gasteiger partial charge in [0.2, 0.25) is 16.0 Å². The highest BCUT2D eigenvalue weighted by Crippen LogP contribution is 2.36. The minimum Gasteiger partial charge on any atom is -0.351 e. The molecule has 0 spiro atoms. The van der Waals surface area contributed by atoms with Crippen molar-refractivity contribution in [2.75, 3.05) is 45.3 Å². The van der Waals surface area contributed by atoms with Crippen molar-refractivity contribution >= 4 is 16.0 Å². The molecule has 1 aliphatic rings. The lowest BCUT2D eigenvalue weighted by Gasteiger charge is -2.30. The number of nitrogens with one attached hydrogen (secondary N) is 1. The monoisotopic (exact) mass is 564 g/mol. The summed E-state index contributed by atoms with van der Waals surface area (Å²) in [6.07, 6.45) is 1.56. The average Bonchev–Trinajstić information content (AvgIpc) is 3.36. The SMILES string of the molecule is CN(C)CCc1ccc(-n2cnc(-c3nc(NC4CCN(S(C)(=O)=O)CC4)ncc3C(F)(F)F)c2)c(C#N)c1.[HH]. The number of anilines is 1. The van der Waals surface area contributed by atoms with Gasteiger partial charge in [-0.25, -0.2) is 27.7 Å². The van der Waals surface area contributed by atoms with E-state index in [-0.39, 0.29) is 19.1 Å². The molecular formula is C25H31F3N8O2S. The highest BCUT2D eigenvalue weighted by atomic mass is 32.2. The van der Waals surface area contributed by atoms with Gasteiger partial charge in [-0.2, -0.15) is 18.4 Å². The van der Waals surface area contributed by atoms with E-state index in [2.05, 4.69) is 26.3 Å². The Morgan fingerprint density at radius 3 is 2.56 bits per heavy atom. The van der Waals surface area contributed by atoms with Crippen molar-refractivity contribution in [2.45, 2.75) is 31.5 Å². The molecule has 1 saturated heterocycles. The molecule has 0 radical (unpaired) electrons. The molecule has 1 aromatic carbocycles. The summed E-state index contributed by atoms with van der Waals surface area (Å²) >= 11 is 0. The zero-order chi connectivity index (χ0) is 28.4. The Balaban J connectivity index is 0.00000441. The summed E-state index contributed by atoms with van der Waals surface area (Å²) in [5, 5.41) is 12.7. The number of aromatic nitrogens is 4. The van der Waals surface area contributed by atoms with Gasteiger partial charge in [0.1, 0.15) is 29.3 Å². The van der Waals surface area contributed by atoms with E-state index in [0.29, 0.717) is 37.2 Å². The van der Waals surface area contributed by atoms with Crippen molar-refractivity contribution in [1.82, 2.24) is 28.7 Å². The van der Waals surface area contributed by atoms with Crippen molar-refractivity contribution < 1.29 is 23.0 Å². The summed E-state index contributed by atoms with van der Waals surface area (Å²) in [7, 11) is 0.607. The van der Waals surface area contributed by atoms with E-state index >= 15 is 0 Å². The lowest BCUT2D eigenvalue weighted by molar-refractivity contribution is -0.137. The normalized spacial score (nSPS) is 15.4. The third-order valence-corrected chi connectivity index (χ3v) is 7.79. The van der Waals surface area contributed by atoms with E-state index in [1.54, 1.807) is 12.1 Å². The third kappa shape index (κ3) is 6.92.